The van der Waals surface area contributed by atoms with Crippen LogP contribution in [0.25, 0.3) is 0 Å². The molecule has 1 aliphatic heterocycles. The van der Waals surface area contributed by atoms with E-state index < -0.39 is 0 Å². The molecular weight excluding hydrogens is 170 g/mol. The molecule has 84 valence electrons. The van der Waals surface area contributed by atoms with Crippen LogP contribution in [-0.2, 0) is 0 Å². The molecule has 1 nitrogen and oxygen atoms in total. The van der Waals surface area contributed by atoms with Gasteiger partial charge in [0.25, 0.3) is 0 Å². The van der Waals surface area contributed by atoms with Crippen LogP contribution in [0.15, 0.2) is 0 Å². The van der Waals surface area contributed by atoms with E-state index in [0.717, 1.165) is 0 Å². The van der Waals surface area contributed by atoms with Crippen molar-refractivity contribution in [2.24, 2.45) is 5.92 Å². The van der Waals surface area contributed by atoms with Gasteiger partial charge < -0.3 is 4.90 Å². The van der Waals surface area contributed by atoms with E-state index in [0.29, 0.717) is 5.92 Å². The Morgan fingerprint density at radius 1 is 1.00 bits per heavy atom. The Balaban J connectivity index is 0. The van der Waals surface area contributed by atoms with Gasteiger partial charge in [0, 0.05) is 5.92 Å². The summed E-state index contributed by atoms with van der Waals surface area (Å²) in [6.45, 7) is 12.4. The molecule has 0 aromatic heterocycles. The zero-order valence-electron chi connectivity index (χ0n) is 10.9. The highest BCUT2D eigenvalue weighted by Gasteiger charge is 2.13. The van der Waals surface area contributed by atoms with E-state index in [4.69, 9.17) is 0 Å². The lowest BCUT2D eigenvalue weighted by atomic mass is 9.98. The minimum atomic E-state index is 0.682. The molecule has 1 saturated heterocycles. The molecule has 14 heavy (non-hydrogen) atoms. The van der Waals surface area contributed by atoms with Crippen molar-refractivity contribution in [1.82, 2.24) is 4.90 Å². The van der Waals surface area contributed by atoms with Crippen LogP contribution in [0.5, 0.6) is 0 Å². The predicted molar refractivity (Wildman–Crippen MR) is 66.4 cm³/mol. The van der Waals surface area contributed by atoms with Crippen LogP contribution in [-0.4, -0.2) is 25.0 Å². The molecule has 0 aromatic carbocycles. The van der Waals surface area contributed by atoms with Gasteiger partial charge in [0.05, 0.1) is 0 Å². The van der Waals surface area contributed by atoms with Crippen LogP contribution < -0.4 is 0 Å². The van der Waals surface area contributed by atoms with Crippen molar-refractivity contribution in [1.29, 1.82) is 0 Å². The highest BCUT2D eigenvalue weighted by molar-refractivity contribution is 5.02. The van der Waals surface area contributed by atoms with Gasteiger partial charge in [-0.05, 0) is 39.9 Å². The van der Waals surface area contributed by atoms with E-state index in [1.807, 2.05) is 34.6 Å². The molecule has 1 fully saturated rings. The number of hydrogen-bond donors (Lipinski definition) is 0. The second kappa shape index (κ2) is 12.5. The summed E-state index contributed by atoms with van der Waals surface area (Å²) >= 11 is 0. The lowest BCUT2D eigenvalue weighted by Crippen LogP contribution is -2.29. The number of nitrogens with zero attached hydrogens (tertiary/aromatic N) is 1. The van der Waals surface area contributed by atoms with Crippen molar-refractivity contribution in [2.75, 3.05) is 20.1 Å². The Morgan fingerprint density at radius 3 is 1.79 bits per heavy atom. The Kier molecular flexibility index (Phi) is 14.3. The molecule has 0 aromatic rings. The summed E-state index contributed by atoms with van der Waals surface area (Å²) in [4.78, 5) is 2.37. The predicted octanol–water partition coefficient (Wildman–Crippen LogP) is 3.40. The van der Waals surface area contributed by atoms with Gasteiger partial charge in [0.1, 0.15) is 0 Å². The van der Waals surface area contributed by atoms with Crippen LogP contribution in [0.1, 0.15) is 47.5 Å². The van der Waals surface area contributed by atoms with Gasteiger partial charge >= 0.3 is 0 Å². The molecule has 0 spiro atoms. The maximum atomic E-state index is 3.23. The topological polar surface area (TPSA) is 3.24 Å². The second-order valence-electron chi connectivity index (χ2n) is 2.97. The third-order valence-corrected chi connectivity index (χ3v) is 2.07. The first-order valence-corrected chi connectivity index (χ1v) is 5.93. The highest BCUT2D eigenvalue weighted by Crippen LogP contribution is 2.14. The Labute approximate surface area is 90.9 Å². The first-order chi connectivity index (χ1) is 6.83. The quantitative estimate of drug-likeness (QED) is 0.538. The fourth-order valence-corrected chi connectivity index (χ4v) is 1.36. The molecule has 1 heteroatoms. The Morgan fingerprint density at radius 2 is 1.43 bits per heavy atom. The number of rotatable bonds is 0. The first-order valence-electron chi connectivity index (χ1n) is 5.93. The zero-order valence-corrected chi connectivity index (χ0v) is 10.9. The van der Waals surface area contributed by atoms with Crippen LogP contribution in [0, 0.1) is 17.8 Å². The fourth-order valence-electron chi connectivity index (χ4n) is 1.36. The third kappa shape index (κ3) is 8.13. The maximum absolute atomic E-state index is 3.23. The number of likely N-dealkylation sites (tertiary alicyclic amines) is 1. The summed E-state index contributed by atoms with van der Waals surface area (Å²) in [5, 5.41) is 0. The smallest absolute Gasteiger partial charge is 0.0227 e. The van der Waals surface area contributed by atoms with E-state index in [1.165, 1.54) is 25.9 Å². The van der Waals surface area contributed by atoms with Gasteiger partial charge in [-0.15, -0.1) is 11.8 Å². The van der Waals surface area contributed by atoms with E-state index in [1.54, 1.807) is 0 Å². The third-order valence-electron chi connectivity index (χ3n) is 2.07. The van der Waals surface area contributed by atoms with Gasteiger partial charge in [-0.2, -0.15) is 0 Å². The minimum Gasteiger partial charge on any atom is -0.306 e. The SMILES string of the molecule is CC.CC.CC#CC1CCN(C)CC1. The molecular formula is C13H27N. The maximum Gasteiger partial charge on any atom is 0.0227 e. The largest absolute Gasteiger partial charge is 0.306 e. The molecule has 0 N–H and O–H groups in total. The van der Waals surface area contributed by atoms with Gasteiger partial charge in [-0.1, -0.05) is 27.7 Å². The molecule has 1 rings (SSSR count). The number of hydrogen-bond acceptors (Lipinski definition) is 1. The van der Waals surface area contributed by atoms with Crippen molar-refractivity contribution < 1.29 is 0 Å². The monoisotopic (exact) mass is 197 g/mol. The highest BCUT2D eigenvalue weighted by atomic mass is 15.1. The normalized spacial score (nSPS) is 16.4. The molecule has 0 radical (unpaired) electrons. The molecule has 0 bridgehead atoms. The molecule has 0 amide bonds. The lowest BCUT2D eigenvalue weighted by Gasteiger charge is -2.25. The van der Waals surface area contributed by atoms with Gasteiger partial charge in [0.2, 0.25) is 0 Å². The van der Waals surface area contributed by atoms with Gasteiger partial charge in [-0.25, -0.2) is 0 Å². The fraction of sp³-hybridized carbons (Fsp3) is 0.846. The molecule has 1 heterocycles. The second-order valence-corrected chi connectivity index (χ2v) is 2.97. The summed E-state index contributed by atoms with van der Waals surface area (Å²) in [6, 6.07) is 0. The summed E-state index contributed by atoms with van der Waals surface area (Å²) < 4.78 is 0. The van der Waals surface area contributed by atoms with Crippen LogP contribution in [0.4, 0.5) is 0 Å². The van der Waals surface area contributed by atoms with Crippen molar-refractivity contribution in [3.63, 3.8) is 0 Å². The van der Waals surface area contributed by atoms with Gasteiger partial charge in [-0.3, -0.25) is 0 Å². The average Bonchev–Trinajstić information content (AvgIpc) is 2.28. The van der Waals surface area contributed by atoms with Crippen molar-refractivity contribution in [3.8, 4) is 11.8 Å². The van der Waals surface area contributed by atoms with Crippen LogP contribution in [0.3, 0.4) is 0 Å². The lowest BCUT2D eigenvalue weighted by molar-refractivity contribution is 0.248. The Bertz CT molecular complexity index is 144. The molecule has 0 unspecified atom stereocenters. The zero-order chi connectivity index (χ0) is 11.4. The van der Waals surface area contributed by atoms with E-state index >= 15 is 0 Å². The number of piperidine rings is 1. The van der Waals surface area contributed by atoms with E-state index in [-0.39, 0.29) is 0 Å². The van der Waals surface area contributed by atoms with Crippen molar-refractivity contribution in [2.45, 2.75) is 47.5 Å². The summed E-state index contributed by atoms with van der Waals surface area (Å²) in [5.41, 5.74) is 0. The summed E-state index contributed by atoms with van der Waals surface area (Å²) in [7, 11) is 2.18. The molecule has 1 aliphatic rings. The van der Waals surface area contributed by atoms with E-state index in [2.05, 4.69) is 23.8 Å². The van der Waals surface area contributed by atoms with Crippen molar-refractivity contribution in [3.05, 3.63) is 0 Å². The van der Waals surface area contributed by atoms with Crippen LogP contribution >= 0.6 is 0 Å². The summed E-state index contributed by atoms with van der Waals surface area (Å²) in [6.07, 6.45) is 2.52. The minimum absolute atomic E-state index is 0.682. The van der Waals surface area contributed by atoms with Crippen LogP contribution in [0.2, 0.25) is 0 Å². The average molecular weight is 197 g/mol. The Hall–Kier alpha value is -0.480. The standard InChI is InChI=1S/C9H15N.2C2H6/c1-3-4-9-5-7-10(2)8-6-9;2*1-2/h9H,5-8H2,1-2H3;2*1-2H3. The molecule has 0 saturated carbocycles. The van der Waals surface area contributed by atoms with E-state index in [9.17, 15) is 0 Å². The van der Waals surface area contributed by atoms with Crippen molar-refractivity contribution >= 4 is 0 Å². The molecule has 0 aliphatic carbocycles. The van der Waals surface area contributed by atoms with Gasteiger partial charge in [0.15, 0.2) is 0 Å². The summed E-state index contributed by atoms with van der Waals surface area (Å²) in [5.74, 6) is 6.89. The molecule has 0 atom stereocenters. The first kappa shape index (κ1) is 16.0.